The van der Waals surface area contributed by atoms with Crippen LogP contribution < -0.4 is 5.32 Å². The molecule has 82 valence electrons. The van der Waals surface area contributed by atoms with Gasteiger partial charge >= 0.3 is 0 Å². The molecule has 0 aromatic rings. The highest BCUT2D eigenvalue weighted by Gasteiger charge is 2.46. The number of hydrogen-bond donors (Lipinski definition) is 1. The number of nitrogens with zero attached hydrogens (tertiary/aromatic N) is 1. The fraction of sp³-hybridized carbons (Fsp3) is 1.00. The molecule has 14 heavy (non-hydrogen) atoms. The molecule has 0 aromatic heterocycles. The van der Waals surface area contributed by atoms with Crippen molar-refractivity contribution in [3.63, 3.8) is 0 Å². The number of alkyl halides is 2. The minimum Gasteiger partial charge on any atom is -0.309 e. The minimum atomic E-state index is -2.24. The molecular formula is C10H18F2N2. The van der Waals surface area contributed by atoms with E-state index in [9.17, 15) is 8.78 Å². The third-order valence-corrected chi connectivity index (χ3v) is 3.86. The van der Waals surface area contributed by atoms with Crippen LogP contribution in [0.5, 0.6) is 0 Å². The van der Waals surface area contributed by atoms with Crippen LogP contribution in [0, 0.1) is 0 Å². The van der Waals surface area contributed by atoms with Crippen molar-refractivity contribution in [1.82, 2.24) is 10.2 Å². The third-order valence-electron chi connectivity index (χ3n) is 3.86. The lowest BCUT2D eigenvalue weighted by molar-refractivity contribution is -0.0183. The van der Waals surface area contributed by atoms with Crippen LogP contribution >= 0.6 is 0 Å². The summed E-state index contributed by atoms with van der Waals surface area (Å²) >= 11 is 0. The maximum absolute atomic E-state index is 13.0. The molecule has 0 amide bonds. The second-order valence-electron chi connectivity index (χ2n) is 4.49. The van der Waals surface area contributed by atoms with Crippen molar-refractivity contribution in [3.05, 3.63) is 0 Å². The lowest BCUT2D eigenvalue weighted by Gasteiger charge is -2.43. The predicted molar refractivity (Wildman–Crippen MR) is 51.6 cm³/mol. The summed E-state index contributed by atoms with van der Waals surface area (Å²) in [6.07, 6.45) is 1.22. The van der Waals surface area contributed by atoms with E-state index in [4.69, 9.17) is 0 Å². The van der Waals surface area contributed by atoms with E-state index < -0.39 is 12.0 Å². The molecule has 0 radical (unpaired) electrons. The Morgan fingerprint density at radius 2 is 2.21 bits per heavy atom. The Morgan fingerprint density at radius 1 is 1.43 bits per heavy atom. The molecule has 1 N–H and O–H groups in total. The molecule has 2 atom stereocenters. The van der Waals surface area contributed by atoms with Gasteiger partial charge < -0.3 is 10.2 Å². The maximum atomic E-state index is 13.0. The molecule has 2 aliphatic heterocycles. The minimum absolute atomic E-state index is 0.394. The number of fused-ring (bicyclic) bond motifs is 1. The van der Waals surface area contributed by atoms with Gasteiger partial charge in [-0.1, -0.05) is 0 Å². The number of nitrogens with one attached hydrogen (secondary N) is 1. The summed E-state index contributed by atoms with van der Waals surface area (Å²) in [6.45, 7) is 1.93. The summed E-state index contributed by atoms with van der Waals surface area (Å²) in [5.41, 5.74) is -0.911. The predicted octanol–water partition coefficient (Wildman–Crippen LogP) is 1.47. The SMILES string of the molecule is CNC1(C(F)F)CCN2CCCC2C1. The molecular weight excluding hydrogens is 186 g/mol. The second kappa shape index (κ2) is 3.74. The van der Waals surface area contributed by atoms with E-state index in [0.717, 1.165) is 19.5 Å². The van der Waals surface area contributed by atoms with E-state index in [2.05, 4.69) is 10.2 Å². The zero-order valence-electron chi connectivity index (χ0n) is 8.60. The van der Waals surface area contributed by atoms with Gasteiger partial charge in [-0.15, -0.1) is 0 Å². The molecule has 2 rings (SSSR count). The van der Waals surface area contributed by atoms with Crippen LogP contribution in [0.25, 0.3) is 0 Å². The van der Waals surface area contributed by atoms with Crippen molar-refractivity contribution < 1.29 is 8.78 Å². The first-order valence-corrected chi connectivity index (χ1v) is 5.39. The smallest absolute Gasteiger partial charge is 0.256 e. The Morgan fingerprint density at radius 3 is 2.86 bits per heavy atom. The van der Waals surface area contributed by atoms with Crippen molar-refractivity contribution in [2.24, 2.45) is 0 Å². The number of piperidine rings is 1. The summed E-state index contributed by atoms with van der Waals surface area (Å²) in [6, 6.07) is 0.394. The van der Waals surface area contributed by atoms with E-state index in [1.807, 2.05) is 0 Å². The van der Waals surface area contributed by atoms with Gasteiger partial charge in [-0.3, -0.25) is 0 Å². The molecule has 2 nitrogen and oxygen atoms in total. The number of rotatable bonds is 2. The molecule has 0 saturated carbocycles. The van der Waals surface area contributed by atoms with E-state index >= 15 is 0 Å². The molecule has 2 aliphatic rings. The van der Waals surface area contributed by atoms with Gasteiger partial charge in [0, 0.05) is 12.6 Å². The van der Waals surface area contributed by atoms with E-state index in [1.165, 1.54) is 6.42 Å². The molecule has 0 spiro atoms. The first kappa shape index (κ1) is 10.3. The van der Waals surface area contributed by atoms with E-state index in [-0.39, 0.29) is 0 Å². The van der Waals surface area contributed by atoms with Crippen LogP contribution in [0.15, 0.2) is 0 Å². The highest BCUT2D eigenvalue weighted by atomic mass is 19.3. The fourth-order valence-electron chi connectivity index (χ4n) is 2.82. The van der Waals surface area contributed by atoms with Gasteiger partial charge in [0.05, 0.1) is 5.54 Å². The van der Waals surface area contributed by atoms with E-state index in [0.29, 0.717) is 18.9 Å². The Hall–Kier alpha value is -0.220. The summed E-state index contributed by atoms with van der Waals surface area (Å²) in [5, 5.41) is 2.85. The number of halogens is 2. The standard InChI is InChI=1S/C10H18F2N2/c1-13-10(9(11)12)4-6-14-5-2-3-8(14)7-10/h8-9,13H,2-7H2,1H3. The highest BCUT2D eigenvalue weighted by Crippen LogP contribution is 2.36. The van der Waals surface area contributed by atoms with Gasteiger partial charge in [0.2, 0.25) is 0 Å². The molecule has 0 aromatic carbocycles. The Balaban J connectivity index is 2.07. The summed E-state index contributed by atoms with van der Waals surface area (Å²) < 4.78 is 25.9. The van der Waals surface area contributed by atoms with Crippen LogP contribution in [0.3, 0.4) is 0 Å². The van der Waals surface area contributed by atoms with Gasteiger partial charge in [-0.05, 0) is 39.3 Å². The average molecular weight is 204 g/mol. The third kappa shape index (κ3) is 1.54. The van der Waals surface area contributed by atoms with Crippen LogP contribution in [-0.4, -0.2) is 43.0 Å². The normalized spacial score (nSPS) is 39.0. The molecule has 2 fully saturated rings. The number of hydrogen-bond acceptors (Lipinski definition) is 2. The molecule has 2 unspecified atom stereocenters. The Labute approximate surface area is 83.7 Å². The van der Waals surface area contributed by atoms with Crippen molar-refractivity contribution in [1.29, 1.82) is 0 Å². The molecule has 2 saturated heterocycles. The average Bonchev–Trinajstić information content (AvgIpc) is 2.63. The van der Waals surface area contributed by atoms with Crippen molar-refractivity contribution in [3.8, 4) is 0 Å². The summed E-state index contributed by atoms with van der Waals surface area (Å²) in [5.74, 6) is 0. The molecule has 0 bridgehead atoms. The quantitative estimate of drug-likeness (QED) is 0.732. The van der Waals surface area contributed by atoms with E-state index in [1.54, 1.807) is 7.05 Å². The summed E-state index contributed by atoms with van der Waals surface area (Å²) in [4.78, 5) is 2.36. The van der Waals surface area contributed by atoms with Crippen LogP contribution in [-0.2, 0) is 0 Å². The monoisotopic (exact) mass is 204 g/mol. The lowest BCUT2D eigenvalue weighted by atomic mass is 9.83. The van der Waals surface area contributed by atoms with Crippen molar-refractivity contribution in [2.45, 2.75) is 43.7 Å². The van der Waals surface area contributed by atoms with Crippen LogP contribution in [0.2, 0.25) is 0 Å². The first-order valence-electron chi connectivity index (χ1n) is 5.39. The second-order valence-corrected chi connectivity index (χ2v) is 4.49. The van der Waals surface area contributed by atoms with Gasteiger partial charge in [-0.2, -0.15) is 0 Å². The van der Waals surface area contributed by atoms with Crippen molar-refractivity contribution in [2.75, 3.05) is 20.1 Å². The fourth-order valence-corrected chi connectivity index (χ4v) is 2.82. The van der Waals surface area contributed by atoms with Gasteiger partial charge in [0.25, 0.3) is 6.43 Å². The lowest BCUT2D eigenvalue weighted by Crippen LogP contribution is -2.58. The topological polar surface area (TPSA) is 15.3 Å². The Kier molecular flexibility index (Phi) is 2.75. The highest BCUT2D eigenvalue weighted by molar-refractivity contribution is 5.00. The van der Waals surface area contributed by atoms with Crippen molar-refractivity contribution >= 4 is 0 Å². The van der Waals surface area contributed by atoms with Gasteiger partial charge in [-0.25, -0.2) is 8.78 Å². The van der Waals surface area contributed by atoms with Gasteiger partial charge in [0.15, 0.2) is 0 Å². The summed E-state index contributed by atoms with van der Waals surface area (Å²) in [7, 11) is 1.66. The maximum Gasteiger partial charge on any atom is 0.256 e. The Bertz CT molecular complexity index is 210. The zero-order chi connectivity index (χ0) is 10.2. The van der Waals surface area contributed by atoms with Crippen LogP contribution in [0.1, 0.15) is 25.7 Å². The largest absolute Gasteiger partial charge is 0.309 e. The molecule has 4 heteroatoms. The molecule has 2 heterocycles. The molecule has 0 aliphatic carbocycles. The van der Waals surface area contributed by atoms with Gasteiger partial charge in [0.1, 0.15) is 0 Å². The van der Waals surface area contributed by atoms with Crippen LogP contribution in [0.4, 0.5) is 8.78 Å². The zero-order valence-corrected chi connectivity index (χ0v) is 8.60. The first-order chi connectivity index (χ1) is 6.68.